The molecule has 5 heteroatoms. The van der Waals surface area contributed by atoms with Crippen molar-refractivity contribution < 1.29 is 9.90 Å². The van der Waals surface area contributed by atoms with Crippen LogP contribution in [0.2, 0.25) is 0 Å². The lowest BCUT2D eigenvalue weighted by Gasteiger charge is -2.17. The minimum Gasteiger partial charge on any atom is -0.465 e. The van der Waals surface area contributed by atoms with Gasteiger partial charge in [-0.25, -0.2) is 9.78 Å². The van der Waals surface area contributed by atoms with Gasteiger partial charge in [0.05, 0.1) is 6.04 Å². The number of carboxylic acid groups (broad SMARTS) is 1. The predicted octanol–water partition coefficient (Wildman–Crippen LogP) is 1.24. The quantitative estimate of drug-likeness (QED) is 0.788. The van der Waals surface area contributed by atoms with E-state index >= 15 is 0 Å². The van der Waals surface area contributed by atoms with E-state index in [1.54, 1.807) is 0 Å². The number of hydrogen-bond donors (Lipinski definition) is 2. The zero-order chi connectivity index (χ0) is 11.5. The fourth-order valence-corrected chi connectivity index (χ4v) is 1.97. The summed E-state index contributed by atoms with van der Waals surface area (Å²) in [4.78, 5) is 17.0. The highest BCUT2D eigenvalue weighted by Gasteiger charge is 2.24. The lowest BCUT2D eigenvalue weighted by Crippen LogP contribution is -2.36. The SMILES string of the molecule is Cc1cccc(N2CC[C@@H](NC(=O)O)C2)n1. The number of aryl methyl sites for hydroxylation is 1. The van der Waals surface area contributed by atoms with Gasteiger partial charge < -0.3 is 15.3 Å². The van der Waals surface area contributed by atoms with Gasteiger partial charge in [0.2, 0.25) is 0 Å². The van der Waals surface area contributed by atoms with Crippen LogP contribution in [0.4, 0.5) is 10.6 Å². The van der Waals surface area contributed by atoms with Crippen LogP contribution in [0.25, 0.3) is 0 Å². The number of hydrogen-bond acceptors (Lipinski definition) is 3. The van der Waals surface area contributed by atoms with Crippen LogP contribution in [-0.4, -0.2) is 35.3 Å². The largest absolute Gasteiger partial charge is 0.465 e. The Labute approximate surface area is 94.1 Å². The molecule has 1 aromatic heterocycles. The average Bonchev–Trinajstić information content (AvgIpc) is 2.65. The molecule has 0 radical (unpaired) electrons. The van der Waals surface area contributed by atoms with Crippen molar-refractivity contribution in [1.82, 2.24) is 10.3 Å². The highest BCUT2D eigenvalue weighted by molar-refractivity contribution is 5.65. The Kier molecular flexibility index (Phi) is 2.94. The highest BCUT2D eigenvalue weighted by atomic mass is 16.4. The van der Waals surface area contributed by atoms with Crippen LogP contribution in [-0.2, 0) is 0 Å². The third kappa shape index (κ3) is 2.42. The second kappa shape index (κ2) is 4.38. The maximum atomic E-state index is 10.5. The van der Waals surface area contributed by atoms with E-state index in [1.807, 2.05) is 25.1 Å². The number of pyridine rings is 1. The second-order valence-electron chi connectivity index (χ2n) is 4.02. The Morgan fingerprint density at radius 3 is 3.12 bits per heavy atom. The van der Waals surface area contributed by atoms with Gasteiger partial charge in [0.1, 0.15) is 5.82 Å². The highest BCUT2D eigenvalue weighted by Crippen LogP contribution is 2.18. The molecule has 1 aromatic rings. The van der Waals surface area contributed by atoms with Crippen LogP contribution in [0.5, 0.6) is 0 Å². The van der Waals surface area contributed by atoms with Gasteiger partial charge in [-0.1, -0.05) is 6.07 Å². The number of carbonyl (C=O) groups is 1. The van der Waals surface area contributed by atoms with Gasteiger partial charge in [-0.3, -0.25) is 0 Å². The third-order valence-electron chi connectivity index (χ3n) is 2.71. The predicted molar refractivity (Wildman–Crippen MR) is 60.8 cm³/mol. The molecule has 2 heterocycles. The van der Waals surface area contributed by atoms with Crippen molar-refractivity contribution in [3.63, 3.8) is 0 Å². The molecule has 0 aliphatic carbocycles. The van der Waals surface area contributed by atoms with Crippen LogP contribution in [0.1, 0.15) is 12.1 Å². The molecule has 1 atom stereocenters. The Morgan fingerprint density at radius 1 is 1.62 bits per heavy atom. The molecule has 0 spiro atoms. The first-order chi connectivity index (χ1) is 7.65. The van der Waals surface area contributed by atoms with Crippen LogP contribution in [0.3, 0.4) is 0 Å². The Morgan fingerprint density at radius 2 is 2.44 bits per heavy atom. The summed E-state index contributed by atoms with van der Waals surface area (Å²) in [5.41, 5.74) is 0.979. The summed E-state index contributed by atoms with van der Waals surface area (Å²) < 4.78 is 0. The van der Waals surface area contributed by atoms with Gasteiger partial charge in [0.15, 0.2) is 0 Å². The molecule has 1 fully saturated rings. The van der Waals surface area contributed by atoms with Crippen molar-refractivity contribution in [1.29, 1.82) is 0 Å². The summed E-state index contributed by atoms with van der Waals surface area (Å²) in [6.45, 7) is 3.50. The molecule has 16 heavy (non-hydrogen) atoms. The third-order valence-corrected chi connectivity index (χ3v) is 2.71. The lowest BCUT2D eigenvalue weighted by molar-refractivity contribution is 0.191. The van der Waals surface area contributed by atoms with Gasteiger partial charge in [0.25, 0.3) is 0 Å². The Hall–Kier alpha value is -1.78. The molecule has 86 valence electrons. The number of aromatic nitrogens is 1. The first kappa shape index (κ1) is 10.7. The molecule has 1 amide bonds. The molecule has 0 aromatic carbocycles. The second-order valence-corrected chi connectivity index (χ2v) is 4.02. The molecule has 2 rings (SSSR count). The molecular formula is C11H15N3O2. The number of anilines is 1. The van der Waals surface area contributed by atoms with Crippen LogP contribution >= 0.6 is 0 Å². The molecular weight excluding hydrogens is 206 g/mol. The van der Waals surface area contributed by atoms with Gasteiger partial charge in [0, 0.05) is 18.8 Å². The molecule has 1 aliphatic rings. The standard InChI is InChI=1S/C11H15N3O2/c1-8-3-2-4-10(12-8)14-6-5-9(7-14)13-11(15)16/h2-4,9,13H,5-7H2,1H3,(H,15,16)/t9-/m1/s1. The fraction of sp³-hybridized carbons (Fsp3) is 0.455. The number of nitrogens with zero attached hydrogens (tertiary/aromatic N) is 2. The van der Waals surface area contributed by atoms with Crippen molar-refractivity contribution in [3.8, 4) is 0 Å². The molecule has 0 unspecified atom stereocenters. The summed E-state index contributed by atoms with van der Waals surface area (Å²) in [6, 6.07) is 5.89. The first-order valence-corrected chi connectivity index (χ1v) is 5.33. The Balaban J connectivity index is 2.00. The van der Waals surface area contributed by atoms with E-state index in [1.165, 1.54) is 0 Å². The minimum atomic E-state index is -0.955. The summed E-state index contributed by atoms with van der Waals surface area (Å²) in [5.74, 6) is 0.926. The Bertz CT molecular complexity index is 395. The van der Waals surface area contributed by atoms with Crippen LogP contribution in [0, 0.1) is 6.92 Å². The number of nitrogens with one attached hydrogen (secondary N) is 1. The van der Waals surface area contributed by atoms with Gasteiger partial charge in [-0.05, 0) is 25.5 Å². The van der Waals surface area contributed by atoms with Crippen molar-refractivity contribution in [2.75, 3.05) is 18.0 Å². The van der Waals surface area contributed by atoms with Crippen molar-refractivity contribution in [2.24, 2.45) is 0 Å². The molecule has 0 saturated carbocycles. The summed E-state index contributed by atoms with van der Waals surface area (Å²) in [6.07, 6.45) is -0.119. The monoisotopic (exact) mass is 221 g/mol. The average molecular weight is 221 g/mol. The molecule has 0 bridgehead atoms. The van der Waals surface area contributed by atoms with Crippen LogP contribution in [0.15, 0.2) is 18.2 Å². The lowest BCUT2D eigenvalue weighted by atomic mass is 10.3. The maximum Gasteiger partial charge on any atom is 0.404 e. The van der Waals surface area contributed by atoms with E-state index in [2.05, 4.69) is 15.2 Å². The molecule has 1 aliphatic heterocycles. The summed E-state index contributed by atoms with van der Waals surface area (Å²) in [5, 5.41) is 11.1. The molecule has 2 N–H and O–H groups in total. The summed E-state index contributed by atoms with van der Waals surface area (Å²) in [7, 11) is 0. The molecule has 1 saturated heterocycles. The summed E-state index contributed by atoms with van der Waals surface area (Å²) >= 11 is 0. The number of amides is 1. The van der Waals surface area contributed by atoms with Gasteiger partial charge in [-0.2, -0.15) is 0 Å². The van der Waals surface area contributed by atoms with E-state index in [0.29, 0.717) is 6.54 Å². The normalized spacial score (nSPS) is 19.8. The van der Waals surface area contributed by atoms with Crippen LogP contribution < -0.4 is 10.2 Å². The zero-order valence-electron chi connectivity index (χ0n) is 9.18. The van der Waals surface area contributed by atoms with Crippen molar-refractivity contribution in [2.45, 2.75) is 19.4 Å². The topological polar surface area (TPSA) is 65.5 Å². The van der Waals surface area contributed by atoms with E-state index in [4.69, 9.17) is 5.11 Å². The van der Waals surface area contributed by atoms with Gasteiger partial charge in [-0.15, -0.1) is 0 Å². The first-order valence-electron chi connectivity index (χ1n) is 5.33. The van der Waals surface area contributed by atoms with E-state index in [0.717, 1.165) is 24.5 Å². The minimum absolute atomic E-state index is 0.0137. The van der Waals surface area contributed by atoms with Crippen molar-refractivity contribution >= 4 is 11.9 Å². The van der Waals surface area contributed by atoms with E-state index in [-0.39, 0.29) is 6.04 Å². The molecule has 5 nitrogen and oxygen atoms in total. The zero-order valence-corrected chi connectivity index (χ0v) is 9.18. The number of rotatable bonds is 2. The van der Waals surface area contributed by atoms with Crippen molar-refractivity contribution in [3.05, 3.63) is 23.9 Å². The smallest absolute Gasteiger partial charge is 0.404 e. The van der Waals surface area contributed by atoms with E-state index in [9.17, 15) is 4.79 Å². The maximum absolute atomic E-state index is 10.5. The van der Waals surface area contributed by atoms with Gasteiger partial charge >= 0.3 is 6.09 Å². The fourth-order valence-electron chi connectivity index (χ4n) is 1.97. The van der Waals surface area contributed by atoms with E-state index < -0.39 is 6.09 Å².